The Morgan fingerprint density at radius 3 is 2.89 bits per heavy atom. The van der Waals surface area contributed by atoms with Crippen molar-refractivity contribution >= 4 is 35.7 Å². The molecule has 136 valence electrons. The third-order valence-corrected chi connectivity index (χ3v) is 4.68. The van der Waals surface area contributed by atoms with Gasteiger partial charge in [-0.15, -0.1) is 0 Å². The molecule has 0 fully saturated rings. The highest BCUT2D eigenvalue weighted by Crippen LogP contribution is 2.24. The van der Waals surface area contributed by atoms with Gasteiger partial charge in [0.1, 0.15) is 5.82 Å². The maximum atomic E-state index is 9.74. The van der Waals surface area contributed by atoms with Crippen LogP contribution in [0.15, 0.2) is 48.7 Å². The van der Waals surface area contributed by atoms with Crippen LogP contribution in [0, 0.1) is 6.92 Å². The molecule has 0 unspecified atom stereocenters. The summed E-state index contributed by atoms with van der Waals surface area (Å²) in [6, 6.07) is 13.9. The van der Waals surface area contributed by atoms with Crippen LogP contribution in [-0.4, -0.2) is 22.1 Å². The number of anilines is 4. The summed E-state index contributed by atoms with van der Waals surface area (Å²) in [6.07, 6.45) is 2.74. The van der Waals surface area contributed by atoms with Gasteiger partial charge in [0.2, 0.25) is 5.95 Å². The number of hydrogen-bond acceptors (Lipinski definition) is 6. The lowest BCUT2D eigenvalue weighted by Crippen LogP contribution is -2.27. The fourth-order valence-corrected chi connectivity index (χ4v) is 3.14. The fourth-order valence-electron chi connectivity index (χ4n) is 3.14. The quantitative estimate of drug-likeness (QED) is 0.607. The molecule has 3 aromatic rings. The van der Waals surface area contributed by atoms with E-state index in [0.717, 1.165) is 40.2 Å². The van der Waals surface area contributed by atoms with E-state index in [4.69, 9.17) is 4.65 Å². The van der Waals surface area contributed by atoms with Crippen molar-refractivity contribution in [1.29, 1.82) is 0 Å². The summed E-state index contributed by atoms with van der Waals surface area (Å²) >= 11 is 0. The standard InChI is InChI=1S/C20H21BN4O2/c1-3-14-6-4-5-7-18(14)24-19-13(2)11-22-20(25-19)23-16-8-9-17-15(10-16)12-27-21(17)26/h4-11,26H,3,12H2,1-2H3,(H2,22,23,24,25). The van der Waals surface area contributed by atoms with Gasteiger partial charge in [0.05, 0.1) is 6.61 Å². The average molecular weight is 360 g/mol. The van der Waals surface area contributed by atoms with Crippen LogP contribution >= 0.6 is 0 Å². The molecular formula is C20H21BN4O2. The van der Waals surface area contributed by atoms with Gasteiger partial charge in [-0.25, -0.2) is 4.98 Å². The minimum atomic E-state index is -0.834. The number of benzene rings is 2. The minimum absolute atomic E-state index is 0.404. The van der Waals surface area contributed by atoms with E-state index in [0.29, 0.717) is 12.6 Å². The van der Waals surface area contributed by atoms with Crippen molar-refractivity contribution in [2.24, 2.45) is 0 Å². The topological polar surface area (TPSA) is 79.3 Å². The fraction of sp³-hybridized carbons (Fsp3) is 0.200. The maximum Gasteiger partial charge on any atom is 0.491 e. The van der Waals surface area contributed by atoms with Crippen molar-refractivity contribution < 1.29 is 9.68 Å². The second-order valence-corrected chi connectivity index (χ2v) is 6.56. The van der Waals surface area contributed by atoms with Crippen LogP contribution < -0.4 is 16.1 Å². The first kappa shape index (κ1) is 17.5. The first-order chi connectivity index (χ1) is 13.1. The molecular weight excluding hydrogens is 339 g/mol. The molecule has 0 saturated heterocycles. The number of nitrogens with one attached hydrogen (secondary N) is 2. The highest BCUT2D eigenvalue weighted by molar-refractivity contribution is 6.61. The molecule has 0 saturated carbocycles. The molecule has 0 bridgehead atoms. The number of hydrogen-bond donors (Lipinski definition) is 3. The van der Waals surface area contributed by atoms with Gasteiger partial charge < -0.3 is 20.3 Å². The van der Waals surface area contributed by atoms with Crippen LogP contribution in [0.3, 0.4) is 0 Å². The number of aromatic nitrogens is 2. The number of aryl methyl sites for hydroxylation is 2. The molecule has 0 aliphatic carbocycles. The van der Waals surface area contributed by atoms with E-state index in [1.165, 1.54) is 5.56 Å². The monoisotopic (exact) mass is 360 g/mol. The zero-order chi connectivity index (χ0) is 18.8. The molecule has 0 spiro atoms. The zero-order valence-corrected chi connectivity index (χ0v) is 15.4. The lowest BCUT2D eigenvalue weighted by molar-refractivity contribution is 0.275. The summed E-state index contributed by atoms with van der Waals surface area (Å²) < 4.78 is 5.24. The first-order valence-electron chi connectivity index (χ1n) is 9.02. The van der Waals surface area contributed by atoms with Crippen molar-refractivity contribution in [3.8, 4) is 0 Å². The van der Waals surface area contributed by atoms with E-state index >= 15 is 0 Å². The van der Waals surface area contributed by atoms with E-state index in [-0.39, 0.29) is 0 Å². The molecule has 6 nitrogen and oxygen atoms in total. The molecule has 27 heavy (non-hydrogen) atoms. The zero-order valence-electron chi connectivity index (χ0n) is 15.4. The Kier molecular flexibility index (Phi) is 4.79. The number of rotatable bonds is 5. The summed E-state index contributed by atoms with van der Waals surface area (Å²) in [5, 5.41) is 16.4. The Bertz CT molecular complexity index is 980. The van der Waals surface area contributed by atoms with E-state index in [1.807, 2.05) is 37.3 Å². The Morgan fingerprint density at radius 1 is 1.19 bits per heavy atom. The molecule has 0 amide bonds. The lowest BCUT2D eigenvalue weighted by atomic mass is 9.79. The van der Waals surface area contributed by atoms with Crippen molar-refractivity contribution in [2.75, 3.05) is 10.6 Å². The third kappa shape index (κ3) is 3.65. The molecule has 7 heteroatoms. The Hall–Kier alpha value is -2.90. The van der Waals surface area contributed by atoms with E-state index in [9.17, 15) is 5.02 Å². The van der Waals surface area contributed by atoms with Gasteiger partial charge in [0.15, 0.2) is 0 Å². The van der Waals surface area contributed by atoms with E-state index in [2.05, 4.69) is 39.7 Å². The van der Waals surface area contributed by atoms with Crippen LogP contribution in [-0.2, 0) is 17.7 Å². The normalized spacial score (nSPS) is 12.8. The number of fused-ring (bicyclic) bond motifs is 1. The van der Waals surface area contributed by atoms with Gasteiger partial charge in [-0.2, -0.15) is 4.98 Å². The maximum absolute atomic E-state index is 9.74. The third-order valence-electron chi connectivity index (χ3n) is 4.68. The molecule has 4 rings (SSSR count). The summed E-state index contributed by atoms with van der Waals surface area (Å²) in [6.45, 7) is 4.52. The average Bonchev–Trinajstić information content (AvgIpc) is 3.05. The van der Waals surface area contributed by atoms with Crippen LogP contribution in [0.2, 0.25) is 0 Å². The summed E-state index contributed by atoms with van der Waals surface area (Å²) in [7, 11) is -0.834. The van der Waals surface area contributed by atoms with Crippen molar-refractivity contribution in [1.82, 2.24) is 9.97 Å². The number of para-hydroxylation sites is 1. The van der Waals surface area contributed by atoms with Crippen molar-refractivity contribution in [3.63, 3.8) is 0 Å². The lowest BCUT2D eigenvalue weighted by Gasteiger charge is -2.13. The molecule has 1 aromatic heterocycles. The molecule has 0 atom stereocenters. The van der Waals surface area contributed by atoms with Gasteiger partial charge in [-0.05, 0) is 48.1 Å². The van der Waals surface area contributed by atoms with Crippen LogP contribution in [0.1, 0.15) is 23.6 Å². The van der Waals surface area contributed by atoms with Gasteiger partial charge >= 0.3 is 7.12 Å². The Labute approximate surface area is 158 Å². The molecule has 1 aliphatic rings. The van der Waals surface area contributed by atoms with Gasteiger partial charge in [0.25, 0.3) is 0 Å². The second kappa shape index (κ2) is 7.38. The van der Waals surface area contributed by atoms with E-state index < -0.39 is 7.12 Å². The predicted molar refractivity (Wildman–Crippen MR) is 108 cm³/mol. The smallest absolute Gasteiger partial charge is 0.423 e. The van der Waals surface area contributed by atoms with Gasteiger partial charge in [0, 0.05) is 23.1 Å². The first-order valence-corrected chi connectivity index (χ1v) is 9.02. The number of nitrogens with zero attached hydrogens (tertiary/aromatic N) is 2. The van der Waals surface area contributed by atoms with E-state index in [1.54, 1.807) is 6.20 Å². The molecule has 3 N–H and O–H groups in total. The molecule has 2 aromatic carbocycles. The van der Waals surface area contributed by atoms with Crippen molar-refractivity contribution in [3.05, 3.63) is 65.4 Å². The molecule has 0 radical (unpaired) electrons. The van der Waals surface area contributed by atoms with Crippen LogP contribution in [0.25, 0.3) is 0 Å². The summed E-state index contributed by atoms with van der Waals surface area (Å²) in [5.74, 6) is 1.28. The van der Waals surface area contributed by atoms with Gasteiger partial charge in [-0.1, -0.05) is 31.2 Å². The SMILES string of the molecule is CCc1ccccc1Nc1nc(Nc2ccc3c(c2)COB3O)ncc1C. The van der Waals surface area contributed by atoms with Crippen LogP contribution in [0.4, 0.5) is 23.1 Å². The highest BCUT2D eigenvalue weighted by Gasteiger charge is 2.27. The van der Waals surface area contributed by atoms with Gasteiger partial charge in [-0.3, -0.25) is 0 Å². The second-order valence-electron chi connectivity index (χ2n) is 6.56. The van der Waals surface area contributed by atoms with Crippen molar-refractivity contribution in [2.45, 2.75) is 26.9 Å². The summed E-state index contributed by atoms with van der Waals surface area (Å²) in [5.41, 5.74) is 5.89. The Morgan fingerprint density at radius 2 is 2.04 bits per heavy atom. The van der Waals surface area contributed by atoms with Crippen LogP contribution in [0.5, 0.6) is 0 Å². The molecule has 1 aliphatic heterocycles. The molecule has 2 heterocycles. The minimum Gasteiger partial charge on any atom is -0.423 e. The largest absolute Gasteiger partial charge is 0.491 e. The highest BCUT2D eigenvalue weighted by atomic mass is 16.5. The Balaban J connectivity index is 1.57. The summed E-state index contributed by atoms with van der Waals surface area (Å²) in [4.78, 5) is 9.02. The predicted octanol–water partition coefficient (Wildman–Crippen LogP) is 3.05.